The van der Waals surface area contributed by atoms with E-state index in [-0.39, 0.29) is 5.95 Å². The van der Waals surface area contributed by atoms with Crippen molar-refractivity contribution in [2.24, 2.45) is 0 Å². The third kappa shape index (κ3) is 3.05. The van der Waals surface area contributed by atoms with Gasteiger partial charge in [0.05, 0.1) is 0 Å². The van der Waals surface area contributed by atoms with Crippen LogP contribution in [-0.4, -0.2) is 27.0 Å². The molecule has 1 aromatic heterocycles. The number of carbonyl (C=O) groups is 2. The number of aromatic nitrogens is 3. The Hall–Kier alpha value is -2.41. The summed E-state index contributed by atoms with van der Waals surface area (Å²) in [5.41, 5.74) is 0.431. The van der Waals surface area contributed by atoms with Gasteiger partial charge in [0.25, 0.3) is 0 Å². The summed E-state index contributed by atoms with van der Waals surface area (Å²) in [6, 6.07) is 6.46. The Kier molecular flexibility index (Phi) is 3.54. The summed E-state index contributed by atoms with van der Waals surface area (Å²) in [7, 11) is 0. The molecule has 92 valence electrons. The molecule has 0 saturated heterocycles. The van der Waals surface area contributed by atoms with Gasteiger partial charge in [-0.05, 0) is 18.2 Å². The maximum atomic E-state index is 11.5. The van der Waals surface area contributed by atoms with Crippen molar-refractivity contribution in [3.63, 3.8) is 0 Å². The van der Waals surface area contributed by atoms with Crippen molar-refractivity contribution in [1.82, 2.24) is 15.2 Å². The molecule has 0 saturated carbocycles. The number of benzene rings is 1. The zero-order valence-corrected chi connectivity index (χ0v) is 9.73. The number of H-pyrrole nitrogens is 1. The van der Waals surface area contributed by atoms with Crippen molar-refractivity contribution in [2.75, 3.05) is 10.6 Å². The molecule has 0 aliphatic rings. The second-order valence-corrected chi connectivity index (χ2v) is 3.69. The van der Waals surface area contributed by atoms with Crippen LogP contribution in [0.25, 0.3) is 0 Å². The SMILES string of the molecule is O=C(Nc1cccc(Cl)c1)C(=O)Nc1ncn[nH]1. The lowest BCUT2D eigenvalue weighted by Gasteiger charge is -2.04. The van der Waals surface area contributed by atoms with Gasteiger partial charge in [0.15, 0.2) is 0 Å². The summed E-state index contributed by atoms with van der Waals surface area (Å²) in [4.78, 5) is 26.6. The van der Waals surface area contributed by atoms with Crippen molar-refractivity contribution < 1.29 is 9.59 Å². The van der Waals surface area contributed by atoms with Crippen LogP contribution in [0.2, 0.25) is 5.02 Å². The molecule has 0 aliphatic heterocycles. The Morgan fingerprint density at radius 1 is 1.22 bits per heavy atom. The molecule has 3 N–H and O–H groups in total. The van der Waals surface area contributed by atoms with Crippen LogP contribution < -0.4 is 10.6 Å². The molecule has 8 heteroatoms. The normalized spacial score (nSPS) is 9.83. The number of halogens is 1. The van der Waals surface area contributed by atoms with Crippen LogP contribution in [0.3, 0.4) is 0 Å². The molecular weight excluding hydrogens is 258 g/mol. The van der Waals surface area contributed by atoms with E-state index in [0.29, 0.717) is 10.7 Å². The van der Waals surface area contributed by atoms with E-state index >= 15 is 0 Å². The smallest absolute Gasteiger partial charge is 0.316 e. The minimum absolute atomic E-state index is 0.0984. The van der Waals surface area contributed by atoms with Crippen LogP contribution in [0.1, 0.15) is 0 Å². The zero-order valence-electron chi connectivity index (χ0n) is 8.98. The quantitative estimate of drug-likeness (QED) is 0.706. The Bertz CT molecular complexity index is 569. The third-order valence-corrected chi connectivity index (χ3v) is 2.17. The minimum atomic E-state index is -0.855. The fraction of sp³-hybridized carbons (Fsp3) is 0. The standard InChI is InChI=1S/C10H8ClN5O2/c11-6-2-1-3-7(4-6)14-8(17)9(18)15-10-12-5-13-16-10/h1-5H,(H,14,17)(H2,12,13,15,16,18). The van der Waals surface area contributed by atoms with E-state index in [1.165, 1.54) is 12.4 Å². The Morgan fingerprint density at radius 2 is 2.00 bits per heavy atom. The second kappa shape index (κ2) is 5.28. The van der Waals surface area contributed by atoms with Crippen molar-refractivity contribution in [2.45, 2.75) is 0 Å². The number of aromatic amines is 1. The lowest BCUT2D eigenvalue weighted by molar-refractivity contribution is -0.133. The van der Waals surface area contributed by atoms with Crippen molar-refractivity contribution in [1.29, 1.82) is 0 Å². The highest BCUT2D eigenvalue weighted by molar-refractivity contribution is 6.43. The number of hydrogen-bond donors (Lipinski definition) is 3. The predicted octanol–water partition coefficient (Wildman–Crippen LogP) is 1.04. The van der Waals surface area contributed by atoms with E-state index in [4.69, 9.17) is 11.6 Å². The van der Waals surface area contributed by atoms with Gasteiger partial charge in [-0.2, -0.15) is 10.1 Å². The summed E-state index contributed by atoms with van der Waals surface area (Å²) >= 11 is 5.75. The topological polar surface area (TPSA) is 99.8 Å². The van der Waals surface area contributed by atoms with Crippen LogP contribution in [0, 0.1) is 0 Å². The highest BCUT2D eigenvalue weighted by atomic mass is 35.5. The average molecular weight is 266 g/mol. The number of amides is 2. The lowest BCUT2D eigenvalue weighted by Crippen LogP contribution is -2.29. The van der Waals surface area contributed by atoms with Gasteiger partial charge in [-0.1, -0.05) is 17.7 Å². The summed E-state index contributed by atoms with van der Waals surface area (Å²) < 4.78 is 0. The molecule has 2 aromatic rings. The first kappa shape index (κ1) is 12.1. The number of rotatable bonds is 2. The molecule has 2 rings (SSSR count). The summed E-state index contributed by atoms with van der Waals surface area (Å²) in [6.07, 6.45) is 1.21. The molecule has 0 spiro atoms. The monoisotopic (exact) mass is 265 g/mol. The molecule has 0 atom stereocenters. The largest absolute Gasteiger partial charge is 0.318 e. The van der Waals surface area contributed by atoms with Crippen molar-refractivity contribution >= 4 is 35.1 Å². The maximum Gasteiger partial charge on any atom is 0.316 e. The van der Waals surface area contributed by atoms with Crippen molar-refractivity contribution in [3.8, 4) is 0 Å². The van der Waals surface area contributed by atoms with Gasteiger partial charge >= 0.3 is 11.8 Å². The molecule has 2 amide bonds. The molecule has 1 aromatic carbocycles. The van der Waals surface area contributed by atoms with Gasteiger partial charge in [-0.25, -0.2) is 5.10 Å². The fourth-order valence-corrected chi connectivity index (χ4v) is 1.37. The van der Waals surface area contributed by atoms with Gasteiger partial charge in [-0.3, -0.25) is 14.9 Å². The first-order valence-corrected chi connectivity index (χ1v) is 5.26. The zero-order chi connectivity index (χ0) is 13.0. The lowest BCUT2D eigenvalue weighted by atomic mass is 10.3. The predicted molar refractivity (Wildman–Crippen MR) is 65.1 cm³/mol. The minimum Gasteiger partial charge on any atom is -0.318 e. The average Bonchev–Trinajstić information content (AvgIpc) is 2.81. The fourth-order valence-electron chi connectivity index (χ4n) is 1.18. The Labute approximate surface area is 107 Å². The van der Waals surface area contributed by atoms with Gasteiger partial charge in [0, 0.05) is 10.7 Å². The number of carbonyl (C=O) groups excluding carboxylic acids is 2. The maximum absolute atomic E-state index is 11.5. The number of anilines is 2. The molecular formula is C10H8ClN5O2. The highest BCUT2D eigenvalue weighted by Gasteiger charge is 2.15. The highest BCUT2D eigenvalue weighted by Crippen LogP contribution is 2.14. The van der Waals surface area contributed by atoms with E-state index < -0.39 is 11.8 Å². The number of nitrogens with one attached hydrogen (secondary N) is 3. The van der Waals surface area contributed by atoms with E-state index in [0.717, 1.165) is 0 Å². The summed E-state index contributed by atoms with van der Waals surface area (Å²) in [5.74, 6) is -1.58. The van der Waals surface area contributed by atoms with E-state index in [1.807, 2.05) is 0 Å². The van der Waals surface area contributed by atoms with Crippen LogP contribution in [0.4, 0.5) is 11.6 Å². The second-order valence-electron chi connectivity index (χ2n) is 3.25. The first-order chi connectivity index (χ1) is 8.65. The van der Waals surface area contributed by atoms with E-state index in [9.17, 15) is 9.59 Å². The van der Waals surface area contributed by atoms with Crippen LogP contribution >= 0.6 is 11.6 Å². The molecule has 1 heterocycles. The van der Waals surface area contributed by atoms with Crippen LogP contribution in [-0.2, 0) is 9.59 Å². The molecule has 7 nitrogen and oxygen atoms in total. The summed E-state index contributed by atoms with van der Waals surface area (Å²) in [6.45, 7) is 0. The van der Waals surface area contributed by atoms with Crippen molar-refractivity contribution in [3.05, 3.63) is 35.6 Å². The molecule has 0 aliphatic carbocycles. The summed E-state index contributed by atoms with van der Waals surface area (Å²) in [5, 5.41) is 11.0. The van der Waals surface area contributed by atoms with E-state index in [1.54, 1.807) is 18.2 Å². The molecule has 0 radical (unpaired) electrons. The molecule has 0 bridgehead atoms. The third-order valence-electron chi connectivity index (χ3n) is 1.94. The Balaban J connectivity index is 1.97. The van der Waals surface area contributed by atoms with Gasteiger partial charge in [0.1, 0.15) is 6.33 Å². The van der Waals surface area contributed by atoms with Gasteiger partial charge in [0.2, 0.25) is 5.95 Å². The number of nitrogens with zero attached hydrogens (tertiary/aromatic N) is 2. The van der Waals surface area contributed by atoms with E-state index in [2.05, 4.69) is 25.8 Å². The van der Waals surface area contributed by atoms with Gasteiger partial charge < -0.3 is 5.32 Å². The molecule has 0 fully saturated rings. The van der Waals surface area contributed by atoms with Crippen LogP contribution in [0.15, 0.2) is 30.6 Å². The number of hydrogen-bond acceptors (Lipinski definition) is 4. The first-order valence-electron chi connectivity index (χ1n) is 4.88. The molecule has 18 heavy (non-hydrogen) atoms. The molecule has 0 unspecified atom stereocenters. The Morgan fingerprint density at radius 3 is 2.67 bits per heavy atom. The van der Waals surface area contributed by atoms with Crippen LogP contribution in [0.5, 0.6) is 0 Å². The van der Waals surface area contributed by atoms with Gasteiger partial charge in [-0.15, -0.1) is 0 Å².